The molecule has 1 N–H and O–H groups in total. The molecule has 3 rings (SSSR count). The normalized spacial score (nSPS) is 10.4. The zero-order valence-corrected chi connectivity index (χ0v) is 14.3. The standard InChI is InChI=1S/C17H16N4O5/c1-24-13-8-10(9-14(25-2)15(13)26-3)16-18-17(20-19-16)11-6-4-5-7-12(11)21(22)23/h4-9H,1-3H3,(H,18,19,20). The predicted molar refractivity (Wildman–Crippen MR) is 93.6 cm³/mol. The summed E-state index contributed by atoms with van der Waals surface area (Å²) >= 11 is 0. The minimum absolute atomic E-state index is 0.0555. The van der Waals surface area contributed by atoms with E-state index in [4.69, 9.17) is 14.2 Å². The topological polar surface area (TPSA) is 112 Å². The quantitative estimate of drug-likeness (QED) is 0.533. The van der Waals surface area contributed by atoms with E-state index in [1.165, 1.54) is 27.4 Å². The summed E-state index contributed by atoms with van der Waals surface area (Å²) in [7, 11) is 4.54. The summed E-state index contributed by atoms with van der Waals surface area (Å²) in [4.78, 5) is 15.1. The Hall–Kier alpha value is -3.62. The van der Waals surface area contributed by atoms with Crippen LogP contribution in [0, 0.1) is 10.1 Å². The number of ether oxygens (including phenoxy) is 3. The van der Waals surface area contributed by atoms with Crippen LogP contribution < -0.4 is 14.2 Å². The van der Waals surface area contributed by atoms with E-state index in [0.29, 0.717) is 40.0 Å². The van der Waals surface area contributed by atoms with Gasteiger partial charge in [-0.1, -0.05) is 12.1 Å². The Morgan fingerprint density at radius 2 is 1.69 bits per heavy atom. The second kappa shape index (κ2) is 7.09. The molecule has 0 amide bonds. The molecule has 0 saturated carbocycles. The van der Waals surface area contributed by atoms with Crippen molar-refractivity contribution in [1.82, 2.24) is 15.2 Å². The largest absolute Gasteiger partial charge is 0.493 e. The molecule has 0 bridgehead atoms. The third-order valence-electron chi connectivity index (χ3n) is 3.76. The summed E-state index contributed by atoms with van der Waals surface area (Å²) in [6.45, 7) is 0. The highest BCUT2D eigenvalue weighted by atomic mass is 16.6. The third kappa shape index (κ3) is 3.02. The molecule has 0 unspecified atom stereocenters. The van der Waals surface area contributed by atoms with E-state index in [1.807, 2.05) is 0 Å². The molecule has 0 atom stereocenters. The van der Waals surface area contributed by atoms with Crippen LogP contribution in [0.4, 0.5) is 5.69 Å². The Morgan fingerprint density at radius 3 is 2.27 bits per heavy atom. The second-order valence-corrected chi connectivity index (χ2v) is 5.20. The van der Waals surface area contributed by atoms with Gasteiger partial charge in [-0.15, -0.1) is 0 Å². The van der Waals surface area contributed by atoms with Crippen LogP contribution in [-0.2, 0) is 0 Å². The number of hydrogen-bond acceptors (Lipinski definition) is 7. The molecule has 0 aliphatic carbocycles. The van der Waals surface area contributed by atoms with Gasteiger partial charge in [0.05, 0.1) is 31.8 Å². The maximum atomic E-state index is 11.2. The molecule has 134 valence electrons. The van der Waals surface area contributed by atoms with Gasteiger partial charge < -0.3 is 14.2 Å². The van der Waals surface area contributed by atoms with Gasteiger partial charge in [-0.05, 0) is 18.2 Å². The van der Waals surface area contributed by atoms with Crippen molar-refractivity contribution in [2.45, 2.75) is 0 Å². The monoisotopic (exact) mass is 356 g/mol. The zero-order chi connectivity index (χ0) is 18.7. The van der Waals surface area contributed by atoms with Crippen LogP contribution in [0.1, 0.15) is 0 Å². The summed E-state index contributed by atoms with van der Waals surface area (Å²) in [5.41, 5.74) is 0.907. The highest BCUT2D eigenvalue weighted by Gasteiger charge is 2.20. The highest BCUT2D eigenvalue weighted by molar-refractivity contribution is 5.71. The third-order valence-corrected chi connectivity index (χ3v) is 3.76. The SMILES string of the molecule is COc1cc(-c2n[nH]c(-c3ccccc3[N+](=O)[O-])n2)cc(OC)c1OC. The van der Waals surface area contributed by atoms with Crippen LogP contribution >= 0.6 is 0 Å². The Labute approximate surface area is 148 Å². The zero-order valence-electron chi connectivity index (χ0n) is 14.3. The van der Waals surface area contributed by atoms with Gasteiger partial charge >= 0.3 is 0 Å². The number of nitrogens with one attached hydrogen (secondary N) is 1. The van der Waals surface area contributed by atoms with Crippen LogP contribution in [0.15, 0.2) is 36.4 Å². The number of aromatic nitrogens is 3. The smallest absolute Gasteiger partial charge is 0.280 e. The molecule has 0 saturated heterocycles. The molecule has 0 spiro atoms. The Bertz CT molecular complexity index is 929. The highest BCUT2D eigenvalue weighted by Crippen LogP contribution is 2.40. The molecule has 26 heavy (non-hydrogen) atoms. The van der Waals surface area contributed by atoms with Crippen molar-refractivity contribution in [1.29, 1.82) is 0 Å². The first-order valence-corrected chi connectivity index (χ1v) is 7.55. The molecule has 9 heteroatoms. The van der Waals surface area contributed by atoms with Gasteiger partial charge in [0.15, 0.2) is 23.1 Å². The first kappa shape index (κ1) is 17.2. The number of hydrogen-bond donors (Lipinski definition) is 1. The fourth-order valence-corrected chi connectivity index (χ4v) is 2.55. The second-order valence-electron chi connectivity index (χ2n) is 5.20. The maximum absolute atomic E-state index is 11.2. The molecule has 0 aliphatic heterocycles. The molecule has 1 heterocycles. The first-order chi connectivity index (χ1) is 12.6. The number of rotatable bonds is 6. The van der Waals surface area contributed by atoms with Gasteiger partial charge in [-0.25, -0.2) is 4.98 Å². The van der Waals surface area contributed by atoms with Crippen LogP contribution in [-0.4, -0.2) is 41.4 Å². The lowest BCUT2D eigenvalue weighted by molar-refractivity contribution is -0.384. The van der Waals surface area contributed by atoms with Gasteiger partial charge in [0.25, 0.3) is 5.69 Å². The van der Waals surface area contributed by atoms with Crippen molar-refractivity contribution < 1.29 is 19.1 Å². The fourth-order valence-electron chi connectivity index (χ4n) is 2.55. The molecule has 0 fully saturated rings. The van der Waals surface area contributed by atoms with Gasteiger partial charge in [0.1, 0.15) is 0 Å². The molecular formula is C17H16N4O5. The summed E-state index contributed by atoms with van der Waals surface area (Å²) in [5, 5.41) is 18.1. The van der Waals surface area contributed by atoms with Gasteiger partial charge in [-0.2, -0.15) is 5.10 Å². The molecule has 1 aromatic heterocycles. The van der Waals surface area contributed by atoms with Crippen LogP contribution in [0.3, 0.4) is 0 Å². The number of H-pyrrole nitrogens is 1. The summed E-state index contributed by atoms with van der Waals surface area (Å²) < 4.78 is 15.9. The number of benzene rings is 2. The van der Waals surface area contributed by atoms with Crippen molar-refractivity contribution >= 4 is 5.69 Å². The Kier molecular flexibility index (Phi) is 4.70. The lowest BCUT2D eigenvalue weighted by atomic mass is 10.1. The van der Waals surface area contributed by atoms with Crippen molar-refractivity contribution in [2.75, 3.05) is 21.3 Å². The van der Waals surface area contributed by atoms with Crippen molar-refractivity contribution in [3.05, 3.63) is 46.5 Å². The van der Waals surface area contributed by atoms with Gasteiger partial charge in [0.2, 0.25) is 5.75 Å². The minimum Gasteiger partial charge on any atom is -0.493 e. The number of nitro benzene ring substituents is 1. The summed E-state index contributed by atoms with van der Waals surface area (Å²) in [5.74, 6) is 2.00. The minimum atomic E-state index is -0.461. The predicted octanol–water partition coefficient (Wildman–Crippen LogP) is 3.07. The Balaban J connectivity index is 2.08. The fraction of sp³-hybridized carbons (Fsp3) is 0.176. The molecule has 2 aromatic carbocycles. The van der Waals surface area contributed by atoms with Crippen LogP contribution in [0.25, 0.3) is 22.8 Å². The molecular weight excluding hydrogens is 340 g/mol. The van der Waals surface area contributed by atoms with Crippen LogP contribution in [0.5, 0.6) is 17.2 Å². The molecule has 0 radical (unpaired) electrons. The van der Waals surface area contributed by atoms with E-state index in [-0.39, 0.29) is 5.69 Å². The van der Waals surface area contributed by atoms with E-state index >= 15 is 0 Å². The maximum Gasteiger partial charge on any atom is 0.280 e. The van der Waals surface area contributed by atoms with E-state index in [1.54, 1.807) is 30.3 Å². The van der Waals surface area contributed by atoms with Crippen molar-refractivity contribution in [3.63, 3.8) is 0 Å². The number of nitro groups is 1. The van der Waals surface area contributed by atoms with Gasteiger partial charge in [0, 0.05) is 11.6 Å². The van der Waals surface area contributed by atoms with E-state index in [2.05, 4.69) is 15.2 Å². The van der Waals surface area contributed by atoms with Gasteiger partial charge in [-0.3, -0.25) is 15.2 Å². The number of para-hydroxylation sites is 1. The first-order valence-electron chi connectivity index (χ1n) is 7.55. The number of nitrogens with zero attached hydrogens (tertiary/aromatic N) is 3. The lowest BCUT2D eigenvalue weighted by Gasteiger charge is -2.12. The van der Waals surface area contributed by atoms with Crippen molar-refractivity contribution in [2.24, 2.45) is 0 Å². The summed E-state index contributed by atoms with van der Waals surface area (Å²) in [6.07, 6.45) is 0. The molecule has 9 nitrogen and oxygen atoms in total. The number of aromatic amines is 1. The Morgan fingerprint density at radius 1 is 1.04 bits per heavy atom. The number of methoxy groups -OCH3 is 3. The average Bonchev–Trinajstić information content (AvgIpc) is 3.16. The van der Waals surface area contributed by atoms with Crippen LogP contribution in [0.2, 0.25) is 0 Å². The average molecular weight is 356 g/mol. The van der Waals surface area contributed by atoms with E-state index in [9.17, 15) is 10.1 Å². The molecule has 3 aromatic rings. The molecule has 0 aliphatic rings. The summed E-state index contributed by atoms with van der Waals surface area (Å²) in [6, 6.07) is 9.72. The van der Waals surface area contributed by atoms with E-state index in [0.717, 1.165) is 0 Å². The van der Waals surface area contributed by atoms with E-state index < -0.39 is 4.92 Å². The lowest BCUT2D eigenvalue weighted by Crippen LogP contribution is -1.96. The van der Waals surface area contributed by atoms with Crippen molar-refractivity contribution in [3.8, 4) is 40.0 Å².